The summed E-state index contributed by atoms with van der Waals surface area (Å²) in [5, 5.41) is 9.64. The van der Waals surface area contributed by atoms with E-state index in [2.05, 4.69) is 9.98 Å². The summed E-state index contributed by atoms with van der Waals surface area (Å²) < 4.78 is 52.4. The van der Waals surface area contributed by atoms with Gasteiger partial charge in [-0.25, -0.2) is 17.2 Å². The molecule has 4 rings (SSSR count). The molecule has 1 aliphatic heterocycles. The Hall–Kier alpha value is -2.72. The van der Waals surface area contributed by atoms with E-state index < -0.39 is 49.4 Å². The lowest BCUT2D eigenvalue weighted by atomic mass is 9.79. The minimum Gasteiger partial charge on any atom is -0.393 e. The van der Waals surface area contributed by atoms with E-state index in [1.807, 2.05) is 0 Å². The summed E-state index contributed by atoms with van der Waals surface area (Å²) in [5.41, 5.74) is 5.04. The first-order valence-electron chi connectivity index (χ1n) is 9.66. The number of pyridine rings is 1. The normalized spacial score (nSPS) is 29.3. The Morgan fingerprint density at radius 3 is 2.55 bits per heavy atom. The quantitative estimate of drug-likeness (QED) is 0.685. The Bertz CT molecular complexity index is 1190. The van der Waals surface area contributed by atoms with E-state index in [0.29, 0.717) is 5.56 Å². The molecule has 1 aromatic heterocycles. The number of ketones is 1. The number of aliphatic imine (C=N–C) groups is 1. The van der Waals surface area contributed by atoms with Gasteiger partial charge in [-0.3, -0.25) is 14.8 Å². The van der Waals surface area contributed by atoms with Gasteiger partial charge in [0.05, 0.1) is 18.1 Å². The van der Waals surface area contributed by atoms with Crippen LogP contribution in [0.1, 0.15) is 41.4 Å². The number of carbonyl (C=O) groups excluding carboxylic acids is 1. The molecule has 0 saturated heterocycles. The van der Waals surface area contributed by atoms with Gasteiger partial charge in [0, 0.05) is 24.8 Å². The number of carbonyl (C=O) groups is 1. The molecule has 164 valence electrons. The molecule has 31 heavy (non-hydrogen) atoms. The zero-order valence-electron chi connectivity index (χ0n) is 16.7. The third kappa shape index (κ3) is 3.53. The van der Waals surface area contributed by atoms with Gasteiger partial charge in [0.2, 0.25) is 0 Å². The van der Waals surface area contributed by atoms with Crippen LogP contribution in [-0.2, 0) is 21.8 Å². The van der Waals surface area contributed by atoms with Crippen molar-refractivity contribution in [3.63, 3.8) is 0 Å². The zero-order valence-corrected chi connectivity index (χ0v) is 17.5. The number of rotatable bonds is 4. The number of nitrogens with zero attached hydrogens (tertiary/aromatic N) is 2. The highest BCUT2D eigenvalue weighted by atomic mass is 32.2. The monoisotopic (exact) mass is 449 g/mol. The number of aliphatic hydroxyl groups is 1. The zero-order chi connectivity index (χ0) is 22.6. The lowest BCUT2D eigenvalue weighted by molar-refractivity contribution is 0.0785. The number of amidine groups is 1. The molecule has 3 N–H and O–H groups in total. The van der Waals surface area contributed by atoms with Crippen molar-refractivity contribution in [2.75, 3.05) is 5.75 Å². The molecule has 1 saturated carbocycles. The summed E-state index contributed by atoms with van der Waals surface area (Å²) in [6.45, 7) is 1.48. The number of hydrogen-bond acceptors (Lipinski definition) is 7. The van der Waals surface area contributed by atoms with Crippen LogP contribution < -0.4 is 5.73 Å². The van der Waals surface area contributed by atoms with Crippen LogP contribution in [0.4, 0.5) is 8.78 Å². The smallest absolute Gasteiger partial charge is 0.185 e. The number of halogens is 2. The maximum Gasteiger partial charge on any atom is 0.185 e. The van der Waals surface area contributed by atoms with Gasteiger partial charge in [-0.05, 0) is 36.8 Å². The minimum absolute atomic E-state index is 0.00566. The van der Waals surface area contributed by atoms with Crippen molar-refractivity contribution < 1.29 is 27.1 Å². The standard InChI is InChI=1S/C21H21F2N3O4S/c1-20(11-31(29,30)21(19(24)26-20)8-14(27)9-21)15-6-12(2-4-16(15)23)7-18(28)17-5-3-13(22)10-25-17/h2-6,10,14,27H,7-9,11H2,1H3,(H2,24,26)/t14?,20-,21?/m0/s1. The van der Waals surface area contributed by atoms with Crippen LogP contribution >= 0.6 is 0 Å². The van der Waals surface area contributed by atoms with Gasteiger partial charge < -0.3 is 10.8 Å². The van der Waals surface area contributed by atoms with E-state index in [4.69, 9.17) is 5.73 Å². The van der Waals surface area contributed by atoms with Crippen molar-refractivity contribution in [3.8, 4) is 0 Å². The van der Waals surface area contributed by atoms with Crippen LogP contribution in [-0.4, -0.2) is 46.7 Å². The van der Waals surface area contributed by atoms with E-state index >= 15 is 0 Å². The fourth-order valence-electron chi connectivity index (χ4n) is 4.28. The highest BCUT2D eigenvalue weighted by molar-refractivity contribution is 7.93. The number of benzene rings is 1. The predicted octanol–water partition coefficient (Wildman–Crippen LogP) is 1.68. The molecule has 0 amide bonds. The number of Topliss-reactive ketones (excluding diaryl/α,β-unsaturated/α-hetero) is 1. The van der Waals surface area contributed by atoms with Crippen molar-refractivity contribution in [2.45, 2.75) is 42.6 Å². The number of aliphatic hydroxyl groups excluding tert-OH is 1. The van der Waals surface area contributed by atoms with E-state index in [-0.39, 0.29) is 36.4 Å². The SMILES string of the molecule is C[C@@]1(c2cc(CC(=O)c3ccc(F)cn3)ccc2F)CS(=O)(=O)C2(CC(O)C2)C(N)=N1. The van der Waals surface area contributed by atoms with Crippen molar-refractivity contribution >= 4 is 21.5 Å². The molecule has 0 radical (unpaired) electrons. The predicted molar refractivity (Wildman–Crippen MR) is 109 cm³/mol. The molecular weight excluding hydrogens is 428 g/mol. The van der Waals surface area contributed by atoms with Crippen LogP contribution in [0.3, 0.4) is 0 Å². The van der Waals surface area contributed by atoms with Gasteiger partial charge in [0.25, 0.3) is 0 Å². The fraction of sp³-hybridized carbons (Fsp3) is 0.381. The highest BCUT2D eigenvalue weighted by Gasteiger charge is 2.61. The Kier molecular flexibility index (Phi) is 4.97. The van der Waals surface area contributed by atoms with Crippen molar-refractivity contribution in [1.29, 1.82) is 0 Å². The molecule has 0 unspecified atom stereocenters. The largest absolute Gasteiger partial charge is 0.393 e. The molecule has 2 aliphatic rings. The van der Waals surface area contributed by atoms with E-state index in [9.17, 15) is 27.1 Å². The van der Waals surface area contributed by atoms with E-state index in [1.165, 1.54) is 25.1 Å². The molecule has 1 aliphatic carbocycles. The second kappa shape index (κ2) is 7.16. The first-order chi connectivity index (χ1) is 14.5. The maximum atomic E-state index is 14.7. The molecule has 1 fully saturated rings. The molecule has 1 atom stereocenters. The van der Waals surface area contributed by atoms with Gasteiger partial charge in [-0.2, -0.15) is 0 Å². The highest BCUT2D eigenvalue weighted by Crippen LogP contribution is 2.47. The topological polar surface area (TPSA) is 123 Å². The molecule has 2 heterocycles. The Morgan fingerprint density at radius 2 is 1.97 bits per heavy atom. The lowest BCUT2D eigenvalue weighted by Gasteiger charge is -2.48. The van der Waals surface area contributed by atoms with Crippen LogP contribution in [0.5, 0.6) is 0 Å². The number of aromatic nitrogens is 1. The van der Waals surface area contributed by atoms with Crippen molar-refractivity contribution in [2.24, 2.45) is 10.7 Å². The average molecular weight is 449 g/mol. The summed E-state index contributed by atoms with van der Waals surface area (Å²) in [7, 11) is -3.82. The average Bonchev–Trinajstić information content (AvgIpc) is 2.65. The van der Waals surface area contributed by atoms with Crippen LogP contribution in [0.25, 0.3) is 0 Å². The first-order valence-corrected chi connectivity index (χ1v) is 11.3. The fourth-order valence-corrected chi connectivity index (χ4v) is 6.78. The molecule has 0 bridgehead atoms. The lowest BCUT2D eigenvalue weighted by Crippen LogP contribution is -2.65. The minimum atomic E-state index is -3.82. The van der Waals surface area contributed by atoms with Gasteiger partial charge in [-0.15, -0.1) is 0 Å². The molecule has 7 nitrogen and oxygen atoms in total. The van der Waals surface area contributed by atoms with Crippen LogP contribution in [0, 0.1) is 11.6 Å². The summed E-state index contributed by atoms with van der Waals surface area (Å²) in [5.74, 6) is -2.25. The summed E-state index contributed by atoms with van der Waals surface area (Å²) in [6, 6.07) is 6.34. The molecule has 1 spiro atoms. The van der Waals surface area contributed by atoms with Crippen LogP contribution in [0.15, 0.2) is 41.5 Å². The number of hydrogen-bond donors (Lipinski definition) is 2. The second-order valence-electron chi connectivity index (χ2n) is 8.36. The van der Waals surface area contributed by atoms with Crippen molar-refractivity contribution in [1.82, 2.24) is 4.98 Å². The Morgan fingerprint density at radius 1 is 1.26 bits per heavy atom. The second-order valence-corrected chi connectivity index (χ2v) is 10.7. The van der Waals surface area contributed by atoms with E-state index in [1.54, 1.807) is 0 Å². The summed E-state index contributed by atoms with van der Waals surface area (Å²) in [6.07, 6.45) is -0.0179. The summed E-state index contributed by atoms with van der Waals surface area (Å²) in [4.78, 5) is 20.6. The van der Waals surface area contributed by atoms with Crippen LogP contribution in [0.2, 0.25) is 0 Å². The van der Waals surface area contributed by atoms with Gasteiger partial charge in [-0.1, -0.05) is 6.07 Å². The number of nitrogens with two attached hydrogens (primary N) is 1. The first kappa shape index (κ1) is 21.5. The van der Waals surface area contributed by atoms with Gasteiger partial charge in [0.1, 0.15) is 33.4 Å². The van der Waals surface area contributed by atoms with E-state index in [0.717, 1.165) is 18.3 Å². The van der Waals surface area contributed by atoms with Gasteiger partial charge in [0.15, 0.2) is 15.6 Å². The van der Waals surface area contributed by atoms with Gasteiger partial charge >= 0.3 is 0 Å². The third-order valence-corrected chi connectivity index (χ3v) is 8.70. The molecule has 2 aromatic rings. The summed E-state index contributed by atoms with van der Waals surface area (Å²) >= 11 is 0. The molecule has 1 aromatic carbocycles. The maximum absolute atomic E-state index is 14.7. The Labute approximate surface area is 177 Å². The molecule has 10 heteroatoms. The third-order valence-electron chi connectivity index (χ3n) is 6.02. The Balaban J connectivity index is 1.68. The molecular formula is C21H21F2N3O4S. The van der Waals surface area contributed by atoms with Crippen molar-refractivity contribution in [3.05, 3.63) is 65.0 Å². The number of sulfone groups is 1.